The fraction of sp³-hybridized carbons (Fsp3) is 0.400. The van der Waals surface area contributed by atoms with E-state index in [0.717, 1.165) is 36.8 Å². The first-order valence-electron chi connectivity index (χ1n) is 6.38. The highest BCUT2D eigenvalue weighted by Crippen LogP contribution is 2.18. The number of hydrogen-bond donors (Lipinski definition) is 1. The van der Waals surface area contributed by atoms with Gasteiger partial charge in [0.05, 0.1) is 0 Å². The number of rotatable bonds is 5. The lowest BCUT2D eigenvalue weighted by molar-refractivity contribution is 0.559. The number of fused-ring (bicyclic) bond motifs is 1. The zero-order valence-electron chi connectivity index (χ0n) is 11.0. The molecule has 0 unspecified atom stereocenters. The van der Waals surface area contributed by atoms with Crippen LogP contribution in [0.15, 0.2) is 33.5 Å². The molecule has 0 aliphatic heterocycles. The van der Waals surface area contributed by atoms with Gasteiger partial charge in [0.2, 0.25) is 0 Å². The Kier molecular flexibility index (Phi) is 4.15. The molecular weight excluding hydrogens is 226 g/mol. The van der Waals surface area contributed by atoms with Crippen LogP contribution in [0.3, 0.4) is 0 Å². The number of benzene rings is 1. The molecule has 0 radical (unpaired) electrons. The Hall–Kier alpha value is -1.61. The zero-order valence-corrected chi connectivity index (χ0v) is 11.0. The van der Waals surface area contributed by atoms with Gasteiger partial charge >= 0.3 is 5.63 Å². The van der Waals surface area contributed by atoms with Gasteiger partial charge in [0, 0.05) is 11.5 Å². The summed E-state index contributed by atoms with van der Waals surface area (Å²) < 4.78 is 5.24. The van der Waals surface area contributed by atoms with Crippen molar-refractivity contribution in [1.29, 1.82) is 0 Å². The first kappa shape index (κ1) is 12.8. The Labute approximate surface area is 107 Å². The van der Waals surface area contributed by atoms with E-state index in [1.54, 1.807) is 0 Å². The van der Waals surface area contributed by atoms with Crippen LogP contribution in [0, 0.1) is 6.92 Å². The van der Waals surface area contributed by atoms with Gasteiger partial charge in [0.1, 0.15) is 5.58 Å². The van der Waals surface area contributed by atoms with Gasteiger partial charge in [-0.15, -0.1) is 0 Å². The molecule has 2 aromatic rings. The van der Waals surface area contributed by atoms with E-state index in [2.05, 4.69) is 11.4 Å². The monoisotopic (exact) mass is 245 g/mol. The van der Waals surface area contributed by atoms with Crippen molar-refractivity contribution in [2.24, 2.45) is 0 Å². The molecule has 0 saturated carbocycles. The van der Waals surface area contributed by atoms with E-state index in [1.165, 1.54) is 11.6 Å². The molecule has 0 bridgehead atoms. The maximum Gasteiger partial charge on any atom is 0.336 e. The van der Waals surface area contributed by atoms with Crippen molar-refractivity contribution in [3.63, 3.8) is 0 Å². The highest BCUT2D eigenvalue weighted by Gasteiger charge is 2.03. The number of unbranched alkanes of at least 4 members (excludes halogenated alkanes) is 1. The van der Waals surface area contributed by atoms with Gasteiger partial charge in [-0.25, -0.2) is 4.79 Å². The standard InChI is InChI=1S/C15H19NO2/c1-11-9-15(17)18-14-10-12(6-7-13(11)14)5-3-4-8-16-2/h6-7,9-10,16H,3-5,8H2,1-2H3. The van der Waals surface area contributed by atoms with E-state index in [1.807, 2.05) is 26.1 Å². The maximum atomic E-state index is 11.3. The van der Waals surface area contributed by atoms with Gasteiger partial charge in [0.15, 0.2) is 0 Å². The molecule has 0 atom stereocenters. The van der Waals surface area contributed by atoms with Crippen LogP contribution in [-0.4, -0.2) is 13.6 Å². The fourth-order valence-electron chi connectivity index (χ4n) is 2.16. The summed E-state index contributed by atoms with van der Waals surface area (Å²) >= 11 is 0. The van der Waals surface area contributed by atoms with Crippen LogP contribution in [0.2, 0.25) is 0 Å². The lowest BCUT2D eigenvalue weighted by Crippen LogP contribution is -2.07. The van der Waals surface area contributed by atoms with Crippen molar-refractivity contribution in [3.05, 3.63) is 45.8 Å². The average Bonchev–Trinajstić information content (AvgIpc) is 2.34. The second-order valence-electron chi connectivity index (χ2n) is 4.64. The highest BCUT2D eigenvalue weighted by molar-refractivity contribution is 5.80. The summed E-state index contributed by atoms with van der Waals surface area (Å²) in [4.78, 5) is 11.3. The molecule has 2 rings (SSSR count). The van der Waals surface area contributed by atoms with Crippen LogP contribution in [-0.2, 0) is 6.42 Å². The summed E-state index contributed by atoms with van der Waals surface area (Å²) in [6, 6.07) is 7.69. The fourth-order valence-corrected chi connectivity index (χ4v) is 2.16. The normalized spacial score (nSPS) is 11.0. The van der Waals surface area contributed by atoms with Crippen molar-refractivity contribution in [1.82, 2.24) is 5.32 Å². The molecule has 0 saturated heterocycles. The summed E-state index contributed by atoms with van der Waals surface area (Å²) in [5, 5.41) is 4.16. The van der Waals surface area contributed by atoms with Gasteiger partial charge in [-0.2, -0.15) is 0 Å². The molecule has 1 aromatic carbocycles. The third kappa shape index (κ3) is 2.99. The minimum atomic E-state index is -0.271. The molecule has 0 amide bonds. The molecule has 1 aromatic heterocycles. The van der Waals surface area contributed by atoms with Crippen LogP contribution in [0.25, 0.3) is 11.0 Å². The number of hydrogen-bond acceptors (Lipinski definition) is 3. The molecule has 3 heteroatoms. The molecule has 0 aliphatic carbocycles. The third-order valence-electron chi connectivity index (χ3n) is 3.16. The van der Waals surface area contributed by atoms with Crippen molar-refractivity contribution in [2.45, 2.75) is 26.2 Å². The summed E-state index contributed by atoms with van der Waals surface area (Å²) in [6.07, 6.45) is 3.32. The Balaban J connectivity index is 2.19. The Morgan fingerprint density at radius 1 is 1.22 bits per heavy atom. The second-order valence-corrected chi connectivity index (χ2v) is 4.64. The number of aryl methyl sites for hydroxylation is 2. The van der Waals surface area contributed by atoms with E-state index in [9.17, 15) is 4.79 Å². The SMILES string of the molecule is CNCCCCc1ccc2c(C)cc(=O)oc2c1. The Morgan fingerprint density at radius 2 is 2.06 bits per heavy atom. The summed E-state index contributed by atoms with van der Waals surface area (Å²) in [6.45, 7) is 2.98. The van der Waals surface area contributed by atoms with Gasteiger partial charge in [-0.1, -0.05) is 12.1 Å². The van der Waals surface area contributed by atoms with E-state index in [0.29, 0.717) is 5.58 Å². The second kappa shape index (κ2) is 5.83. The van der Waals surface area contributed by atoms with Crippen LogP contribution < -0.4 is 10.9 Å². The smallest absolute Gasteiger partial charge is 0.336 e. The summed E-state index contributed by atoms with van der Waals surface area (Å²) in [7, 11) is 1.97. The lowest BCUT2D eigenvalue weighted by Gasteiger charge is -2.04. The molecule has 0 fully saturated rings. The Bertz CT molecular complexity index is 587. The summed E-state index contributed by atoms with van der Waals surface area (Å²) in [5.41, 5.74) is 2.63. The Morgan fingerprint density at radius 3 is 2.83 bits per heavy atom. The largest absolute Gasteiger partial charge is 0.423 e. The minimum Gasteiger partial charge on any atom is -0.423 e. The molecule has 18 heavy (non-hydrogen) atoms. The van der Waals surface area contributed by atoms with Gasteiger partial charge < -0.3 is 9.73 Å². The topological polar surface area (TPSA) is 42.2 Å². The van der Waals surface area contributed by atoms with Crippen LogP contribution >= 0.6 is 0 Å². The molecule has 1 N–H and O–H groups in total. The number of nitrogens with one attached hydrogen (secondary N) is 1. The quantitative estimate of drug-likeness (QED) is 0.650. The molecular formula is C15H19NO2. The van der Waals surface area contributed by atoms with E-state index < -0.39 is 0 Å². The van der Waals surface area contributed by atoms with Gasteiger partial charge in [-0.05, 0) is 57.0 Å². The molecule has 96 valence electrons. The first-order chi connectivity index (χ1) is 8.70. The predicted octanol–water partition coefficient (Wildman–Crippen LogP) is 2.64. The molecule has 0 spiro atoms. The van der Waals surface area contributed by atoms with Crippen molar-refractivity contribution in [3.8, 4) is 0 Å². The maximum absolute atomic E-state index is 11.3. The minimum absolute atomic E-state index is 0.271. The average molecular weight is 245 g/mol. The van der Waals surface area contributed by atoms with E-state index >= 15 is 0 Å². The molecule has 0 aliphatic rings. The lowest BCUT2D eigenvalue weighted by atomic mass is 10.0. The van der Waals surface area contributed by atoms with Crippen molar-refractivity contribution >= 4 is 11.0 Å². The van der Waals surface area contributed by atoms with Gasteiger partial charge in [-0.3, -0.25) is 0 Å². The molecule has 1 heterocycles. The van der Waals surface area contributed by atoms with Crippen LogP contribution in [0.4, 0.5) is 0 Å². The van der Waals surface area contributed by atoms with Gasteiger partial charge in [0.25, 0.3) is 0 Å². The predicted molar refractivity (Wildman–Crippen MR) is 74.1 cm³/mol. The van der Waals surface area contributed by atoms with Crippen LogP contribution in [0.5, 0.6) is 0 Å². The summed E-state index contributed by atoms with van der Waals surface area (Å²) in [5.74, 6) is 0. The molecule has 3 nitrogen and oxygen atoms in total. The van der Waals surface area contributed by atoms with E-state index in [4.69, 9.17) is 4.42 Å². The van der Waals surface area contributed by atoms with Crippen molar-refractivity contribution < 1.29 is 4.42 Å². The zero-order chi connectivity index (χ0) is 13.0. The third-order valence-corrected chi connectivity index (χ3v) is 3.16. The highest BCUT2D eigenvalue weighted by atomic mass is 16.4. The van der Waals surface area contributed by atoms with Crippen LogP contribution in [0.1, 0.15) is 24.0 Å². The first-order valence-corrected chi connectivity index (χ1v) is 6.38. The van der Waals surface area contributed by atoms with E-state index in [-0.39, 0.29) is 5.63 Å². The van der Waals surface area contributed by atoms with Crippen molar-refractivity contribution in [2.75, 3.05) is 13.6 Å².